The number of rotatable bonds is 5. The van der Waals surface area contributed by atoms with Gasteiger partial charge in [-0.2, -0.15) is 0 Å². The standard InChI is InChI=1S/C22H28N2O7/c1-22(2,28)18-9-14-16(31-18)10-17-20(21(14)27)15(25)8-13(30-17)12-29-19(26)11-24-6-4-23(3)5-7-24/h8,10,18,27-28H,4-7,9,11-12H2,1-3H3. The zero-order valence-electron chi connectivity index (χ0n) is 18.0. The zero-order chi connectivity index (χ0) is 22.3. The fourth-order valence-electron chi connectivity index (χ4n) is 3.90. The predicted molar refractivity (Wildman–Crippen MR) is 112 cm³/mol. The van der Waals surface area contributed by atoms with Gasteiger partial charge in [0.25, 0.3) is 0 Å². The smallest absolute Gasteiger partial charge is 0.320 e. The molecule has 0 radical (unpaired) electrons. The predicted octanol–water partition coefficient (Wildman–Crippen LogP) is 0.864. The lowest BCUT2D eigenvalue weighted by Crippen LogP contribution is -2.46. The molecular formula is C22H28N2O7. The molecule has 0 spiro atoms. The molecule has 2 aromatic rings. The van der Waals surface area contributed by atoms with Crippen molar-refractivity contribution in [2.45, 2.75) is 38.6 Å². The van der Waals surface area contributed by atoms with Crippen LogP contribution in [0.4, 0.5) is 0 Å². The number of aromatic hydroxyl groups is 1. The quantitative estimate of drug-likeness (QED) is 0.664. The van der Waals surface area contributed by atoms with Gasteiger partial charge < -0.3 is 29.0 Å². The lowest BCUT2D eigenvalue weighted by atomic mass is 9.96. The van der Waals surface area contributed by atoms with Crippen LogP contribution in [0.5, 0.6) is 11.5 Å². The van der Waals surface area contributed by atoms with Crippen LogP contribution in [0.1, 0.15) is 25.2 Å². The first-order chi connectivity index (χ1) is 14.6. The number of phenols is 1. The molecule has 0 aliphatic carbocycles. The van der Waals surface area contributed by atoms with Crippen molar-refractivity contribution in [3.8, 4) is 11.5 Å². The Morgan fingerprint density at radius 3 is 2.65 bits per heavy atom. The number of phenolic OH excluding ortho intramolecular Hbond substituents is 1. The third-order valence-corrected chi connectivity index (χ3v) is 5.88. The molecule has 4 rings (SSSR count). The number of hydrogen-bond acceptors (Lipinski definition) is 9. The number of nitrogens with zero attached hydrogens (tertiary/aromatic N) is 2. The van der Waals surface area contributed by atoms with E-state index in [4.69, 9.17) is 13.9 Å². The number of esters is 1. The van der Waals surface area contributed by atoms with E-state index in [0.29, 0.717) is 11.3 Å². The van der Waals surface area contributed by atoms with Gasteiger partial charge in [-0.15, -0.1) is 0 Å². The van der Waals surface area contributed by atoms with Crippen molar-refractivity contribution >= 4 is 16.9 Å². The minimum atomic E-state index is -1.11. The number of likely N-dealkylation sites (N-methyl/N-ethyl adjacent to an activating group) is 1. The van der Waals surface area contributed by atoms with Gasteiger partial charge in [0.15, 0.2) is 5.43 Å². The summed E-state index contributed by atoms with van der Waals surface area (Å²) in [5.74, 6) is -0.0443. The topological polar surface area (TPSA) is 113 Å². The zero-order valence-corrected chi connectivity index (χ0v) is 18.0. The maximum absolute atomic E-state index is 12.6. The monoisotopic (exact) mass is 432 g/mol. The van der Waals surface area contributed by atoms with Crippen LogP contribution in [0.15, 0.2) is 21.3 Å². The fraction of sp³-hybridized carbons (Fsp3) is 0.545. The first-order valence-corrected chi connectivity index (χ1v) is 10.4. The Hall–Kier alpha value is -2.62. The number of hydrogen-bond donors (Lipinski definition) is 2. The highest BCUT2D eigenvalue weighted by Gasteiger charge is 2.37. The number of piperazine rings is 1. The van der Waals surface area contributed by atoms with Gasteiger partial charge >= 0.3 is 5.97 Å². The van der Waals surface area contributed by atoms with E-state index in [-0.39, 0.29) is 48.0 Å². The highest BCUT2D eigenvalue weighted by molar-refractivity contribution is 5.87. The fourth-order valence-corrected chi connectivity index (χ4v) is 3.90. The average molecular weight is 432 g/mol. The van der Waals surface area contributed by atoms with Gasteiger partial charge in [0.05, 0.1) is 12.1 Å². The molecule has 1 atom stereocenters. The molecule has 0 amide bonds. The number of fused-ring (bicyclic) bond motifs is 2. The molecule has 0 bridgehead atoms. The van der Waals surface area contributed by atoms with Gasteiger partial charge in [0, 0.05) is 50.3 Å². The van der Waals surface area contributed by atoms with E-state index in [2.05, 4.69) is 4.90 Å². The van der Waals surface area contributed by atoms with E-state index >= 15 is 0 Å². The van der Waals surface area contributed by atoms with Gasteiger partial charge in [-0.05, 0) is 20.9 Å². The molecule has 1 aromatic carbocycles. The summed E-state index contributed by atoms with van der Waals surface area (Å²) >= 11 is 0. The van der Waals surface area contributed by atoms with Crippen molar-refractivity contribution in [1.82, 2.24) is 9.80 Å². The van der Waals surface area contributed by atoms with Crippen LogP contribution in [0.3, 0.4) is 0 Å². The van der Waals surface area contributed by atoms with Crippen molar-refractivity contribution < 1.29 is 28.9 Å². The molecule has 2 aliphatic heterocycles. The molecular weight excluding hydrogens is 404 g/mol. The summed E-state index contributed by atoms with van der Waals surface area (Å²) in [6.45, 7) is 6.65. The average Bonchev–Trinajstić information content (AvgIpc) is 3.13. The Labute approximate surface area is 179 Å². The number of ether oxygens (including phenoxy) is 2. The van der Waals surface area contributed by atoms with Crippen molar-refractivity contribution in [2.24, 2.45) is 0 Å². The number of benzene rings is 1. The highest BCUT2D eigenvalue weighted by atomic mass is 16.5. The Bertz CT molecular complexity index is 1050. The van der Waals surface area contributed by atoms with Gasteiger partial charge in [0.1, 0.15) is 40.9 Å². The first kappa shape index (κ1) is 21.6. The van der Waals surface area contributed by atoms with E-state index in [0.717, 1.165) is 26.2 Å². The molecule has 1 unspecified atom stereocenters. The molecule has 1 saturated heterocycles. The van der Waals surface area contributed by atoms with Gasteiger partial charge in [0.2, 0.25) is 0 Å². The minimum absolute atomic E-state index is 0.0475. The van der Waals surface area contributed by atoms with Crippen LogP contribution in [-0.2, 0) is 22.6 Å². The number of aliphatic hydroxyl groups is 1. The van der Waals surface area contributed by atoms with Crippen LogP contribution in [0.2, 0.25) is 0 Å². The van der Waals surface area contributed by atoms with Crippen LogP contribution in [0.25, 0.3) is 11.0 Å². The molecule has 0 saturated carbocycles. The third-order valence-electron chi connectivity index (χ3n) is 5.88. The summed E-state index contributed by atoms with van der Waals surface area (Å²) in [6.07, 6.45) is -0.263. The Morgan fingerprint density at radius 1 is 1.26 bits per heavy atom. The lowest BCUT2D eigenvalue weighted by molar-refractivity contribution is -0.147. The molecule has 2 N–H and O–H groups in total. The number of carbonyl (C=O) groups excluding carboxylic acids is 1. The summed E-state index contributed by atoms with van der Waals surface area (Å²) in [4.78, 5) is 29.0. The Kier molecular flexibility index (Phi) is 5.67. The molecule has 2 aliphatic rings. The van der Waals surface area contributed by atoms with Gasteiger partial charge in [-0.3, -0.25) is 14.5 Å². The van der Waals surface area contributed by atoms with E-state index in [1.54, 1.807) is 13.8 Å². The van der Waals surface area contributed by atoms with Crippen molar-refractivity contribution in [1.29, 1.82) is 0 Å². The minimum Gasteiger partial charge on any atom is -0.507 e. The summed E-state index contributed by atoms with van der Waals surface area (Å²) in [5.41, 5.74) is -0.931. The molecule has 3 heterocycles. The second-order valence-electron chi connectivity index (χ2n) is 8.86. The van der Waals surface area contributed by atoms with Crippen molar-refractivity contribution in [2.75, 3.05) is 39.8 Å². The second-order valence-corrected chi connectivity index (χ2v) is 8.86. The maximum atomic E-state index is 12.6. The maximum Gasteiger partial charge on any atom is 0.320 e. The molecule has 9 heteroatoms. The normalized spacial score (nSPS) is 19.9. The Balaban J connectivity index is 1.49. The van der Waals surface area contributed by atoms with Crippen LogP contribution >= 0.6 is 0 Å². The summed E-state index contributed by atoms with van der Waals surface area (Å²) < 4.78 is 16.8. The SMILES string of the molecule is CN1CCN(CC(=O)OCc2cc(=O)c3c(O)c4c(cc3o2)OC(C(C)(C)O)C4)CC1. The van der Waals surface area contributed by atoms with Crippen LogP contribution < -0.4 is 10.2 Å². The largest absolute Gasteiger partial charge is 0.507 e. The summed E-state index contributed by atoms with van der Waals surface area (Å²) in [6, 6.07) is 2.76. The molecule has 1 aromatic heterocycles. The Morgan fingerprint density at radius 2 is 1.97 bits per heavy atom. The molecule has 9 nitrogen and oxygen atoms in total. The van der Waals surface area contributed by atoms with E-state index in [9.17, 15) is 19.8 Å². The van der Waals surface area contributed by atoms with Gasteiger partial charge in [-0.25, -0.2) is 0 Å². The van der Waals surface area contributed by atoms with E-state index in [1.165, 1.54) is 12.1 Å². The van der Waals surface area contributed by atoms with Crippen molar-refractivity contribution in [3.63, 3.8) is 0 Å². The first-order valence-electron chi connectivity index (χ1n) is 10.4. The second kappa shape index (κ2) is 8.14. The highest BCUT2D eigenvalue weighted by Crippen LogP contribution is 2.42. The summed E-state index contributed by atoms with van der Waals surface area (Å²) in [5, 5.41) is 20.9. The molecule has 1 fully saturated rings. The summed E-state index contributed by atoms with van der Waals surface area (Å²) in [7, 11) is 2.04. The third kappa shape index (κ3) is 4.53. The molecule has 168 valence electrons. The van der Waals surface area contributed by atoms with Gasteiger partial charge in [-0.1, -0.05) is 0 Å². The van der Waals surface area contributed by atoms with Crippen LogP contribution in [-0.4, -0.2) is 77.5 Å². The van der Waals surface area contributed by atoms with E-state index in [1.807, 2.05) is 11.9 Å². The number of carbonyl (C=O) groups is 1. The van der Waals surface area contributed by atoms with E-state index < -0.39 is 17.1 Å². The van der Waals surface area contributed by atoms with Crippen molar-refractivity contribution in [3.05, 3.63) is 33.7 Å². The lowest BCUT2D eigenvalue weighted by Gasteiger charge is -2.31. The van der Waals surface area contributed by atoms with Crippen LogP contribution in [0, 0.1) is 0 Å². The molecule has 31 heavy (non-hydrogen) atoms.